The van der Waals surface area contributed by atoms with E-state index in [0.717, 1.165) is 25.9 Å². The van der Waals surface area contributed by atoms with Crippen LogP contribution in [-0.2, 0) is 9.84 Å². The van der Waals surface area contributed by atoms with Crippen LogP contribution in [0.4, 0.5) is 0 Å². The predicted octanol–water partition coefficient (Wildman–Crippen LogP) is 1.34. The maximum Gasteiger partial charge on any atom is 0.152 e. The van der Waals surface area contributed by atoms with Crippen LogP contribution in [0.2, 0.25) is 0 Å². The SMILES string of the molecule is CCCCCNCCCCCS(=O)(=O)CCO. The van der Waals surface area contributed by atoms with Gasteiger partial charge in [0.25, 0.3) is 0 Å². The maximum absolute atomic E-state index is 11.3. The summed E-state index contributed by atoms with van der Waals surface area (Å²) in [7, 11) is -3.01. The number of hydrogen-bond acceptors (Lipinski definition) is 4. The second kappa shape index (κ2) is 11.0. The summed E-state index contributed by atoms with van der Waals surface area (Å²) in [6.45, 7) is 3.97. The molecule has 0 aliphatic rings. The average molecular weight is 265 g/mol. The van der Waals surface area contributed by atoms with E-state index in [1.54, 1.807) is 0 Å². The third kappa shape index (κ3) is 12.1. The quantitative estimate of drug-likeness (QED) is 0.523. The van der Waals surface area contributed by atoms with E-state index in [1.165, 1.54) is 19.3 Å². The van der Waals surface area contributed by atoms with Crippen molar-refractivity contribution in [3.63, 3.8) is 0 Å². The molecule has 0 saturated carbocycles. The lowest BCUT2D eigenvalue weighted by atomic mass is 10.2. The van der Waals surface area contributed by atoms with Gasteiger partial charge in [0, 0.05) is 0 Å². The van der Waals surface area contributed by atoms with Crippen molar-refractivity contribution in [2.24, 2.45) is 0 Å². The minimum atomic E-state index is -3.01. The fourth-order valence-corrected chi connectivity index (χ4v) is 2.74. The van der Waals surface area contributed by atoms with E-state index >= 15 is 0 Å². The summed E-state index contributed by atoms with van der Waals surface area (Å²) in [5.41, 5.74) is 0. The second-order valence-corrected chi connectivity index (χ2v) is 6.70. The van der Waals surface area contributed by atoms with Crippen LogP contribution in [0.15, 0.2) is 0 Å². The molecule has 0 heterocycles. The zero-order valence-corrected chi connectivity index (χ0v) is 11.8. The zero-order chi connectivity index (χ0) is 13.0. The molecular formula is C12H27NO3S. The Morgan fingerprint density at radius 1 is 0.941 bits per heavy atom. The first kappa shape index (κ1) is 16.9. The van der Waals surface area contributed by atoms with Crippen molar-refractivity contribution in [3.05, 3.63) is 0 Å². The van der Waals surface area contributed by atoms with Crippen molar-refractivity contribution >= 4 is 9.84 Å². The molecule has 0 saturated heterocycles. The highest BCUT2D eigenvalue weighted by molar-refractivity contribution is 7.91. The summed E-state index contributed by atoms with van der Waals surface area (Å²) < 4.78 is 22.5. The molecule has 0 rings (SSSR count). The van der Waals surface area contributed by atoms with Gasteiger partial charge in [-0.15, -0.1) is 0 Å². The molecule has 0 unspecified atom stereocenters. The lowest BCUT2D eigenvalue weighted by Gasteiger charge is -2.04. The van der Waals surface area contributed by atoms with Crippen LogP contribution in [0.25, 0.3) is 0 Å². The molecule has 0 amide bonds. The van der Waals surface area contributed by atoms with Crippen LogP contribution >= 0.6 is 0 Å². The predicted molar refractivity (Wildman–Crippen MR) is 72.0 cm³/mol. The number of aliphatic hydroxyl groups is 1. The molecule has 0 spiro atoms. The summed E-state index contributed by atoms with van der Waals surface area (Å²) in [4.78, 5) is 0. The number of sulfone groups is 1. The van der Waals surface area contributed by atoms with Gasteiger partial charge in [-0.05, 0) is 32.4 Å². The van der Waals surface area contributed by atoms with Gasteiger partial charge < -0.3 is 10.4 Å². The topological polar surface area (TPSA) is 66.4 Å². The first-order valence-electron chi connectivity index (χ1n) is 6.64. The Kier molecular flexibility index (Phi) is 10.9. The third-order valence-corrected chi connectivity index (χ3v) is 4.38. The molecule has 0 radical (unpaired) electrons. The van der Waals surface area contributed by atoms with Crippen molar-refractivity contribution in [1.29, 1.82) is 0 Å². The third-order valence-electron chi connectivity index (χ3n) is 2.67. The molecule has 0 atom stereocenters. The largest absolute Gasteiger partial charge is 0.395 e. The number of rotatable bonds is 12. The van der Waals surface area contributed by atoms with Gasteiger partial charge in [-0.1, -0.05) is 26.2 Å². The van der Waals surface area contributed by atoms with Crippen molar-refractivity contribution in [2.45, 2.75) is 45.4 Å². The van der Waals surface area contributed by atoms with Gasteiger partial charge in [-0.25, -0.2) is 8.42 Å². The Labute approximate surface area is 106 Å². The minimum Gasteiger partial charge on any atom is -0.395 e. The summed E-state index contributed by atoms with van der Waals surface area (Å²) in [5, 5.41) is 11.9. The zero-order valence-electron chi connectivity index (χ0n) is 11.0. The molecule has 0 fully saturated rings. The van der Waals surface area contributed by atoms with Gasteiger partial charge in [-0.2, -0.15) is 0 Å². The van der Waals surface area contributed by atoms with Crippen molar-refractivity contribution < 1.29 is 13.5 Å². The molecule has 5 heteroatoms. The fourth-order valence-electron chi connectivity index (χ4n) is 1.61. The van der Waals surface area contributed by atoms with Crippen molar-refractivity contribution in [1.82, 2.24) is 5.32 Å². The summed E-state index contributed by atoms with van der Waals surface area (Å²) in [6.07, 6.45) is 6.41. The van der Waals surface area contributed by atoms with Gasteiger partial charge in [0.15, 0.2) is 9.84 Å². The number of unbranched alkanes of at least 4 members (excludes halogenated alkanes) is 4. The van der Waals surface area contributed by atoms with Crippen LogP contribution in [0.1, 0.15) is 45.4 Å². The highest BCUT2D eigenvalue weighted by Crippen LogP contribution is 2.00. The van der Waals surface area contributed by atoms with Gasteiger partial charge >= 0.3 is 0 Å². The van der Waals surface area contributed by atoms with E-state index < -0.39 is 9.84 Å². The van der Waals surface area contributed by atoms with Gasteiger partial charge in [0.1, 0.15) is 0 Å². The Morgan fingerprint density at radius 2 is 1.59 bits per heavy atom. The van der Waals surface area contributed by atoms with E-state index in [9.17, 15) is 8.42 Å². The van der Waals surface area contributed by atoms with Gasteiger partial charge in [0.2, 0.25) is 0 Å². The molecule has 0 bridgehead atoms. The summed E-state index contributed by atoms with van der Waals surface area (Å²) >= 11 is 0. The highest BCUT2D eigenvalue weighted by Gasteiger charge is 2.08. The Hall–Kier alpha value is -0.130. The monoisotopic (exact) mass is 265 g/mol. The molecule has 104 valence electrons. The van der Waals surface area contributed by atoms with Crippen molar-refractivity contribution in [2.75, 3.05) is 31.2 Å². The van der Waals surface area contributed by atoms with E-state index in [-0.39, 0.29) is 18.1 Å². The number of hydrogen-bond donors (Lipinski definition) is 2. The lowest BCUT2D eigenvalue weighted by molar-refractivity contribution is 0.319. The van der Waals surface area contributed by atoms with E-state index in [2.05, 4.69) is 12.2 Å². The van der Waals surface area contributed by atoms with Crippen LogP contribution in [0.3, 0.4) is 0 Å². The first-order chi connectivity index (χ1) is 8.12. The van der Waals surface area contributed by atoms with Crippen molar-refractivity contribution in [3.8, 4) is 0 Å². The molecule has 0 aliphatic carbocycles. The highest BCUT2D eigenvalue weighted by atomic mass is 32.2. The minimum absolute atomic E-state index is 0.0950. The summed E-state index contributed by atoms with van der Waals surface area (Å²) in [5.74, 6) is 0.117. The van der Waals surface area contributed by atoms with Crippen LogP contribution in [-0.4, -0.2) is 44.7 Å². The van der Waals surface area contributed by atoms with E-state index in [0.29, 0.717) is 6.42 Å². The van der Waals surface area contributed by atoms with Crippen LogP contribution in [0, 0.1) is 0 Å². The Balaban J connectivity index is 3.24. The molecular weight excluding hydrogens is 238 g/mol. The van der Waals surface area contributed by atoms with Crippen LogP contribution in [0.5, 0.6) is 0 Å². The molecule has 0 aromatic rings. The average Bonchev–Trinajstić information content (AvgIpc) is 2.27. The fraction of sp³-hybridized carbons (Fsp3) is 1.00. The summed E-state index contributed by atoms with van der Waals surface area (Å²) in [6, 6.07) is 0. The van der Waals surface area contributed by atoms with Gasteiger partial charge in [-0.3, -0.25) is 0 Å². The number of nitrogens with one attached hydrogen (secondary N) is 1. The first-order valence-corrected chi connectivity index (χ1v) is 8.46. The maximum atomic E-state index is 11.3. The Bertz CT molecular complexity index is 252. The molecule has 17 heavy (non-hydrogen) atoms. The normalized spacial score (nSPS) is 11.9. The molecule has 0 aliphatic heterocycles. The molecule has 2 N–H and O–H groups in total. The second-order valence-electron chi connectivity index (χ2n) is 4.39. The molecule has 4 nitrogen and oxygen atoms in total. The van der Waals surface area contributed by atoms with E-state index in [4.69, 9.17) is 5.11 Å². The molecule has 0 aromatic carbocycles. The smallest absolute Gasteiger partial charge is 0.152 e. The lowest BCUT2D eigenvalue weighted by Crippen LogP contribution is -2.17. The standard InChI is InChI=1S/C12H27NO3S/c1-2-3-5-8-13-9-6-4-7-11-17(15,16)12-10-14/h13-14H,2-12H2,1H3. The number of aliphatic hydroxyl groups excluding tert-OH is 1. The van der Waals surface area contributed by atoms with E-state index in [1.807, 2.05) is 0 Å². The molecule has 0 aromatic heterocycles. The van der Waals surface area contributed by atoms with Crippen LogP contribution < -0.4 is 5.32 Å². The van der Waals surface area contributed by atoms with Gasteiger partial charge in [0.05, 0.1) is 18.1 Å². The Morgan fingerprint density at radius 3 is 2.18 bits per heavy atom.